The Bertz CT molecular complexity index is 1480. The molecule has 6 heteroatoms. The average molecular weight is 542 g/mol. The molecule has 0 unspecified atom stereocenters. The topological polar surface area (TPSA) is 56.2 Å². The third-order valence-electron chi connectivity index (χ3n) is 6.22. The average Bonchev–Trinajstić information content (AvgIpc) is 3.26. The van der Waals surface area contributed by atoms with Crippen LogP contribution in [0.2, 0.25) is 0 Å². The third kappa shape index (κ3) is 5.77. The number of carbonyl (C=O) groups is 1. The van der Waals surface area contributed by atoms with Gasteiger partial charge in [0.05, 0.1) is 17.6 Å². The Balaban J connectivity index is 1.17. The number of benzene rings is 4. The summed E-state index contributed by atoms with van der Waals surface area (Å²) in [6.07, 6.45) is 2.49. The molecule has 0 saturated heterocycles. The summed E-state index contributed by atoms with van der Waals surface area (Å²) in [5, 5.41) is 5.41. The summed E-state index contributed by atoms with van der Waals surface area (Å²) >= 11 is 3.40. The molecule has 1 amide bonds. The summed E-state index contributed by atoms with van der Waals surface area (Å²) in [6, 6.07) is 30.2. The van der Waals surface area contributed by atoms with E-state index in [-0.39, 0.29) is 5.91 Å². The Hall–Kier alpha value is -3.64. The minimum absolute atomic E-state index is 0.0538. The van der Waals surface area contributed by atoms with Crippen LogP contribution in [0.1, 0.15) is 29.0 Å². The van der Waals surface area contributed by atoms with Gasteiger partial charge in [-0.2, -0.15) is 0 Å². The van der Waals surface area contributed by atoms with Crippen molar-refractivity contribution in [2.24, 2.45) is 0 Å². The standard InChI is InChI=1S/C30H28BrN3O2/c31-25-15-12-23(13-16-25)30(35)32-18-5-11-29-33-27-9-3-4-10-28(27)34(29)19-6-20-36-26-17-14-22-7-1-2-8-24(22)21-26/h1-4,7-10,12-17,21H,5-6,11,18-20H2,(H,32,35). The Kier molecular flexibility index (Phi) is 7.62. The molecule has 0 spiro atoms. The number of amides is 1. The van der Waals surface area contributed by atoms with Gasteiger partial charge in [-0.15, -0.1) is 0 Å². The number of nitrogens with one attached hydrogen (secondary N) is 1. The SMILES string of the molecule is O=C(NCCCc1nc2ccccc2n1CCCOc1ccc2ccccc2c1)c1ccc(Br)cc1. The van der Waals surface area contributed by atoms with Crippen molar-refractivity contribution in [1.82, 2.24) is 14.9 Å². The second-order valence-electron chi connectivity index (χ2n) is 8.75. The number of nitrogens with zero attached hydrogens (tertiary/aromatic N) is 2. The van der Waals surface area contributed by atoms with Crippen LogP contribution in [0.4, 0.5) is 0 Å². The number of para-hydroxylation sites is 2. The number of rotatable bonds is 10. The van der Waals surface area contributed by atoms with E-state index in [0.29, 0.717) is 18.7 Å². The van der Waals surface area contributed by atoms with Crippen molar-refractivity contribution in [3.8, 4) is 5.75 Å². The van der Waals surface area contributed by atoms with Gasteiger partial charge in [0.1, 0.15) is 11.6 Å². The summed E-state index contributed by atoms with van der Waals surface area (Å²) in [6.45, 7) is 2.06. The molecule has 0 bridgehead atoms. The first kappa shape index (κ1) is 24.1. The lowest BCUT2D eigenvalue weighted by atomic mass is 10.1. The van der Waals surface area contributed by atoms with Crippen LogP contribution in [0.15, 0.2) is 95.5 Å². The minimum atomic E-state index is -0.0538. The number of aromatic nitrogens is 2. The predicted octanol–water partition coefficient (Wildman–Crippen LogP) is 6.78. The highest BCUT2D eigenvalue weighted by molar-refractivity contribution is 9.10. The summed E-state index contributed by atoms with van der Waals surface area (Å²) in [7, 11) is 0. The predicted molar refractivity (Wildman–Crippen MR) is 149 cm³/mol. The Labute approximate surface area is 219 Å². The van der Waals surface area contributed by atoms with Crippen molar-refractivity contribution in [2.45, 2.75) is 25.8 Å². The number of ether oxygens (including phenoxy) is 1. The minimum Gasteiger partial charge on any atom is -0.494 e. The van der Waals surface area contributed by atoms with Crippen LogP contribution < -0.4 is 10.1 Å². The van der Waals surface area contributed by atoms with Crippen LogP contribution in [-0.4, -0.2) is 28.6 Å². The van der Waals surface area contributed by atoms with E-state index in [2.05, 4.69) is 62.2 Å². The molecule has 0 fully saturated rings. The molecule has 182 valence electrons. The second-order valence-corrected chi connectivity index (χ2v) is 9.66. The molecule has 4 aromatic carbocycles. The van der Waals surface area contributed by atoms with Gasteiger partial charge in [-0.1, -0.05) is 58.4 Å². The fourth-order valence-corrected chi connectivity index (χ4v) is 4.65. The molecular weight excluding hydrogens is 514 g/mol. The van der Waals surface area contributed by atoms with Crippen molar-refractivity contribution in [2.75, 3.05) is 13.2 Å². The van der Waals surface area contributed by atoms with Gasteiger partial charge in [-0.25, -0.2) is 4.98 Å². The normalized spacial score (nSPS) is 11.1. The first-order valence-electron chi connectivity index (χ1n) is 12.3. The van der Waals surface area contributed by atoms with Gasteiger partial charge < -0.3 is 14.6 Å². The van der Waals surface area contributed by atoms with E-state index in [1.807, 2.05) is 54.6 Å². The monoisotopic (exact) mass is 541 g/mol. The fraction of sp³-hybridized carbons (Fsp3) is 0.200. The van der Waals surface area contributed by atoms with Crippen molar-refractivity contribution < 1.29 is 9.53 Å². The third-order valence-corrected chi connectivity index (χ3v) is 6.75. The fourth-order valence-electron chi connectivity index (χ4n) is 4.39. The molecule has 5 nitrogen and oxygen atoms in total. The molecule has 0 aliphatic carbocycles. The lowest BCUT2D eigenvalue weighted by Crippen LogP contribution is -2.25. The van der Waals surface area contributed by atoms with Crippen LogP contribution in [-0.2, 0) is 13.0 Å². The highest BCUT2D eigenvalue weighted by Gasteiger charge is 2.11. The van der Waals surface area contributed by atoms with Crippen molar-refractivity contribution >= 4 is 43.6 Å². The van der Waals surface area contributed by atoms with Gasteiger partial charge >= 0.3 is 0 Å². The molecule has 36 heavy (non-hydrogen) atoms. The zero-order valence-electron chi connectivity index (χ0n) is 20.0. The smallest absolute Gasteiger partial charge is 0.251 e. The molecule has 5 rings (SSSR count). The molecule has 1 N–H and O–H groups in total. The highest BCUT2D eigenvalue weighted by Crippen LogP contribution is 2.21. The molecule has 0 radical (unpaired) electrons. The summed E-state index contributed by atoms with van der Waals surface area (Å²) < 4.78 is 9.30. The van der Waals surface area contributed by atoms with E-state index in [0.717, 1.165) is 52.9 Å². The number of halogens is 1. The van der Waals surface area contributed by atoms with E-state index in [1.165, 1.54) is 10.8 Å². The molecule has 0 aliphatic rings. The first-order chi connectivity index (χ1) is 17.7. The number of fused-ring (bicyclic) bond motifs is 2. The van der Waals surface area contributed by atoms with E-state index in [9.17, 15) is 4.79 Å². The molecule has 1 heterocycles. The van der Waals surface area contributed by atoms with Crippen LogP contribution in [0, 0.1) is 0 Å². The van der Waals surface area contributed by atoms with Gasteiger partial charge in [-0.3, -0.25) is 4.79 Å². The number of imidazole rings is 1. The van der Waals surface area contributed by atoms with Crippen LogP contribution in [0.3, 0.4) is 0 Å². The quantitative estimate of drug-likeness (QED) is 0.198. The van der Waals surface area contributed by atoms with Crippen molar-refractivity contribution in [1.29, 1.82) is 0 Å². The Morgan fingerprint density at radius 1 is 0.889 bits per heavy atom. The highest BCUT2D eigenvalue weighted by atomic mass is 79.9. The van der Waals surface area contributed by atoms with Crippen LogP contribution >= 0.6 is 15.9 Å². The lowest BCUT2D eigenvalue weighted by molar-refractivity contribution is 0.0953. The first-order valence-corrected chi connectivity index (χ1v) is 13.1. The van der Waals surface area contributed by atoms with E-state index < -0.39 is 0 Å². The van der Waals surface area contributed by atoms with Gasteiger partial charge in [-0.05, 0) is 72.1 Å². The van der Waals surface area contributed by atoms with E-state index in [4.69, 9.17) is 9.72 Å². The maximum Gasteiger partial charge on any atom is 0.251 e. The second kappa shape index (κ2) is 11.4. The maximum absolute atomic E-state index is 12.4. The summed E-state index contributed by atoms with van der Waals surface area (Å²) in [5.41, 5.74) is 2.80. The van der Waals surface area contributed by atoms with Crippen LogP contribution in [0.5, 0.6) is 5.75 Å². The number of aryl methyl sites for hydroxylation is 2. The van der Waals surface area contributed by atoms with Gasteiger partial charge in [0.15, 0.2) is 0 Å². The number of hydrogen-bond acceptors (Lipinski definition) is 3. The molecule has 0 aliphatic heterocycles. The van der Waals surface area contributed by atoms with Crippen molar-refractivity contribution in [3.05, 3.63) is 107 Å². The Morgan fingerprint density at radius 3 is 2.53 bits per heavy atom. The van der Waals surface area contributed by atoms with E-state index in [1.54, 1.807) is 0 Å². The maximum atomic E-state index is 12.4. The molecular formula is C30H28BrN3O2. The van der Waals surface area contributed by atoms with Crippen molar-refractivity contribution in [3.63, 3.8) is 0 Å². The van der Waals surface area contributed by atoms with Gasteiger partial charge in [0.2, 0.25) is 0 Å². The van der Waals surface area contributed by atoms with Gasteiger partial charge in [0, 0.05) is 29.5 Å². The zero-order valence-corrected chi connectivity index (χ0v) is 21.6. The lowest BCUT2D eigenvalue weighted by Gasteiger charge is -2.11. The molecule has 0 saturated carbocycles. The zero-order chi connectivity index (χ0) is 24.7. The largest absolute Gasteiger partial charge is 0.494 e. The molecule has 5 aromatic rings. The van der Waals surface area contributed by atoms with Crippen LogP contribution in [0.25, 0.3) is 21.8 Å². The summed E-state index contributed by atoms with van der Waals surface area (Å²) in [4.78, 5) is 17.3. The number of carbonyl (C=O) groups excluding carboxylic acids is 1. The van der Waals surface area contributed by atoms with E-state index >= 15 is 0 Å². The molecule has 0 atom stereocenters. The molecule has 1 aromatic heterocycles. The summed E-state index contributed by atoms with van der Waals surface area (Å²) in [5.74, 6) is 1.88. The number of hydrogen-bond donors (Lipinski definition) is 1. The Morgan fingerprint density at radius 2 is 1.67 bits per heavy atom. The van der Waals surface area contributed by atoms with Gasteiger partial charge in [0.25, 0.3) is 5.91 Å².